The smallest absolute Gasteiger partial charge is 0.259 e. The third-order valence-corrected chi connectivity index (χ3v) is 2.91. The van der Waals surface area contributed by atoms with E-state index in [0.29, 0.717) is 18.0 Å². The molecule has 0 radical (unpaired) electrons. The fourth-order valence-corrected chi connectivity index (χ4v) is 1.99. The summed E-state index contributed by atoms with van der Waals surface area (Å²) in [6.45, 7) is 8.35. The van der Waals surface area contributed by atoms with E-state index in [1.165, 1.54) is 0 Å². The molecule has 0 spiro atoms. The lowest BCUT2D eigenvalue weighted by molar-refractivity contribution is 0.0987. The molecule has 22 heavy (non-hydrogen) atoms. The van der Waals surface area contributed by atoms with Gasteiger partial charge in [0.1, 0.15) is 5.60 Å². The van der Waals surface area contributed by atoms with Crippen molar-refractivity contribution < 1.29 is 9.53 Å². The van der Waals surface area contributed by atoms with E-state index < -0.39 is 0 Å². The number of ether oxygens (including phenoxy) is 1. The molecule has 2 rings (SSSR count). The van der Waals surface area contributed by atoms with Crippen molar-refractivity contribution in [3.05, 3.63) is 48.4 Å². The second kappa shape index (κ2) is 6.56. The van der Waals surface area contributed by atoms with Gasteiger partial charge >= 0.3 is 0 Å². The molecule has 2 aromatic heterocycles. The Kier molecular flexibility index (Phi) is 4.75. The Balaban J connectivity index is 2.18. The van der Waals surface area contributed by atoms with Gasteiger partial charge in [0.15, 0.2) is 0 Å². The van der Waals surface area contributed by atoms with Crippen LogP contribution in [0.25, 0.3) is 0 Å². The Morgan fingerprint density at radius 2 is 2.00 bits per heavy atom. The minimum absolute atomic E-state index is 0.106. The number of rotatable bonds is 4. The SMILES string of the molecule is CCN(C(=O)c1ccc(OC(C)(C)C)nc1)c1cccnc1. The zero-order valence-corrected chi connectivity index (χ0v) is 13.4. The van der Waals surface area contributed by atoms with Gasteiger partial charge in [-0.25, -0.2) is 4.98 Å². The van der Waals surface area contributed by atoms with Crippen LogP contribution in [0.4, 0.5) is 5.69 Å². The minimum atomic E-state index is -0.316. The van der Waals surface area contributed by atoms with E-state index in [0.717, 1.165) is 5.69 Å². The summed E-state index contributed by atoms with van der Waals surface area (Å²) in [6.07, 6.45) is 4.90. The third kappa shape index (κ3) is 4.04. The molecular formula is C17H21N3O2. The fourth-order valence-electron chi connectivity index (χ4n) is 1.99. The predicted molar refractivity (Wildman–Crippen MR) is 86.2 cm³/mol. The summed E-state index contributed by atoms with van der Waals surface area (Å²) in [5.41, 5.74) is 0.973. The number of carbonyl (C=O) groups is 1. The molecule has 0 aromatic carbocycles. The first-order valence-electron chi connectivity index (χ1n) is 7.27. The number of amides is 1. The average Bonchev–Trinajstić information content (AvgIpc) is 2.48. The van der Waals surface area contributed by atoms with Crippen molar-refractivity contribution in [1.29, 1.82) is 0 Å². The third-order valence-electron chi connectivity index (χ3n) is 2.91. The Morgan fingerprint density at radius 1 is 1.23 bits per heavy atom. The van der Waals surface area contributed by atoms with Crippen molar-refractivity contribution in [3.63, 3.8) is 0 Å². The highest BCUT2D eigenvalue weighted by molar-refractivity contribution is 6.05. The maximum atomic E-state index is 12.6. The van der Waals surface area contributed by atoms with Crippen LogP contribution in [0, 0.1) is 0 Å². The van der Waals surface area contributed by atoms with Crippen molar-refractivity contribution in [2.45, 2.75) is 33.3 Å². The van der Waals surface area contributed by atoms with Gasteiger partial charge in [-0.05, 0) is 45.9 Å². The Hall–Kier alpha value is -2.43. The molecule has 2 aromatic rings. The van der Waals surface area contributed by atoms with Crippen molar-refractivity contribution in [2.75, 3.05) is 11.4 Å². The number of carbonyl (C=O) groups excluding carboxylic acids is 1. The van der Waals surface area contributed by atoms with Crippen LogP contribution < -0.4 is 9.64 Å². The predicted octanol–water partition coefficient (Wildman–Crippen LogP) is 3.32. The number of aromatic nitrogens is 2. The summed E-state index contributed by atoms with van der Waals surface area (Å²) in [5, 5.41) is 0. The summed E-state index contributed by atoms with van der Waals surface area (Å²) >= 11 is 0. The number of pyridine rings is 2. The quantitative estimate of drug-likeness (QED) is 0.869. The molecule has 0 N–H and O–H groups in total. The van der Waals surface area contributed by atoms with Crippen LogP contribution in [0.15, 0.2) is 42.9 Å². The van der Waals surface area contributed by atoms with Crippen LogP contribution in [0.5, 0.6) is 5.88 Å². The molecule has 116 valence electrons. The molecule has 0 saturated carbocycles. The van der Waals surface area contributed by atoms with Crippen molar-refractivity contribution >= 4 is 11.6 Å². The average molecular weight is 299 g/mol. The van der Waals surface area contributed by atoms with E-state index in [2.05, 4.69) is 9.97 Å². The number of anilines is 1. The van der Waals surface area contributed by atoms with E-state index in [1.807, 2.05) is 39.8 Å². The second-order valence-corrected chi connectivity index (χ2v) is 5.86. The summed E-state index contributed by atoms with van der Waals surface area (Å²) in [4.78, 5) is 22.5. The Bertz CT molecular complexity index is 619. The molecule has 0 fully saturated rings. The monoisotopic (exact) mass is 299 g/mol. The van der Waals surface area contributed by atoms with Crippen LogP contribution in [0.2, 0.25) is 0 Å². The fraction of sp³-hybridized carbons (Fsp3) is 0.353. The molecule has 0 aliphatic heterocycles. The highest BCUT2D eigenvalue weighted by Gasteiger charge is 2.18. The minimum Gasteiger partial charge on any atom is -0.472 e. The van der Waals surface area contributed by atoms with Gasteiger partial charge in [0.25, 0.3) is 5.91 Å². The van der Waals surface area contributed by atoms with Crippen molar-refractivity contribution in [2.24, 2.45) is 0 Å². The topological polar surface area (TPSA) is 55.3 Å². The molecule has 5 nitrogen and oxygen atoms in total. The van der Waals surface area contributed by atoms with Gasteiger partial charge in [0.05, 0.1) is 17.4 Å². The first-order chi connectivity index (χ1) is 10.4. The molecule has 0 aliphatic carbocycles. The zero-order valence-electron chi connectivity index (χ0n) is 13.4. The van der Waals surface area contributed by atoms with Crippen LogP contribution in [-0.2, 0) is 0 Å². The van der Waals surface area contributed by atoms with Gasteiger partial charge in [-0.1, -0.05) is 0 Å². The number of hydrogen-bond acceptors (Lipinski definition) is 4. The van der Waals surface area contributed by atoms with Gasteiger partial charge in [-0.3, -0.25) is 9.78 Å². The van der Waals surface area contributed by atoms with Gasteiger partial charge in [0, 0.05) is 25.0 Å². The number of nitrogens with zero attached hydrogens (tertiary/aromatic N) is 3. The van der Waals surface area contributed by atoms with Crippen molar-refractivity contribution in [1.82, 2.24) is 9.97 Å². The first kappa shape index (κ1) is 15.9. The van der Waals surface area contributed by atoms with Crippen LogP contribution in [0.1, 0.15) is 38.1 Å². The van der Waals surface area contributed by atoms with E-state index in [1.54, 1.807) is 35.6 Å². The maximum absolute atomic E-state index is 12.6. The van der Waals surface area contributed by atoms with E-state index in [9.17, 15) is 4.79 Å². The molecule has 5 heteroatoms. The lowest BCUT2D eigenvalue weighted by Gasteiger charge is -2.22. The summed E-state index contributed by atoms with van der Waals surface area (Å²) in [7, 11) is 0. The lowest BCUT2D eigenvalue weighted by atomic mass is 10.2. The first-order valence-corrected chi connectivity index (χ1v) is 7.27. The lowest BCUT2D eigenvalue weighted by Crippen LogP contribution is -2.30. The maximum Gasteiger partial charge on any atom is 0.259 e. The Morgan fingerprint density at radius 3 is 2.50 bits per heavy atom. The van der Waals surface area contributed by atoms with Gasteiger partial charge in [0.2, 0.25) is 5.88 Å². The second-order valence-electron chi connectivity index (χ2n) is 5.86. The Labute approximate surface area is 131 Å². The standard InChI is InChI=1S/C17H21N3O2/c1-5-20(14-7-6-10-18-12-14)16(21)13-8-9-15(19-11-13)22-17(2,3)4/h6-12H,5H2,1-4H3. The van der Waals surface area contributed by atoms with E-state index in [-0.39, 0.29) is 11.5 Å². The molecular weight excluding hydrogens is 278 g/mol. The van der Waals surface area contributed by atoms with Gasteiger partial charge < -0.3 is 9.64 Å². The van der Waals surface area contributed by atoms with Crippen LogP contribution >= 0.6 is 0 Å². The molecule has 0 bridgehead atoms. The van der Waals surface area contributed by atoms with Gasteiger partial charge in [-0.15, -0.1) is 0 Å². The van der Waals surface area contributed by atoms with E-state index >= 15 is 0 Å². The zero-order chi connectivity index (χ0) is 16.2. The number of hydrogen-bond donors (Lipinski definition) is 0. The van der Waals surface area contributed by atoms with Gasteiger partial charge in [-0.2, -0.15) is 0 Å². The molecule has 1 amide bonds. The van der Waals surface area contributed by atoms with Crippen LogP contribution in [-0.4, -0.2) is 28.0 Å². The highest BCUT2D eigenvalue weighted by Crippen LogP contribution is 2.18. The van der Waals surface area contributed by atoms with Crippen LogP contribution in [0.3, 0.4) is 0 Å². The molecule has 0 aliphatic rings. The summed E-state index contributed by atoms with van der Waals surface area (Å²) in [6, 6.07) is 7.12. The molecule has 2 heterocycles. The summed E-state index contributed by atoms with van der Waals surface area (Å²) < 4.78 is 5.66. The molecule has 0 atom stereocenters. The van der Waals surface area contributed by atoms with Crippen molar-refractivity contribution in [3.8, 4) is 5.88 Å². The highest BCUT2D eigenvalue weighted by atomic mass is 16.5. The summed E-state index contributed by atoms with van der Waals surface area (Å²) in [5.74, 6) is 0.402. The van der Waals surface area contributed by atoms with E-state index in [4.69, 9.17) is 4.74 Å². The normalized spacial score (nSPS) is 11.1. The molecule has 0 saturated heterocycles. The molecule has 0 unspecified atom stereocenters. The largest absolute Gasteiger partial charge is 0.472 e.